The third kappa shape index (κ3) is 4.21. The Bertz CT molecular complexity index is 1310. The minimum absolute atomic E-state index is 0.0265. The van der Waals surface area contributed by atoms with Crippen LogP contribution in [0.25, 0.3) is 22.3 Å². The lowest BCUT2D eigenvalue weighted by Gasteiger charge is -2.30. The number of amides is 1. The molecule has 0 radical (unpaired) electrons. The van der Waals surface area contributed by atoms with E-state index >= 15 is 0 Å². The number of rotatable bonds is 5. The monoisotopic (exact) mass is 457 g/mol. The molecule has 13 heteroatoms. The van der Waals surface area contributed by atoms with Crippen LogP contribution in [0.3, 0.4) is 0 Å². The maximum absolute atomic E-state index is 14.5. The highest BCUT2D eigenvalue weighted by Gasteiger charge is 2.26. The first kappa shape index (κ1) is 20.8. The average Bonchev–Trinajstić information content (AvgIpc) is 3.46. The van der Waals surface area contributed by atoms with Crippen LogP contribution in [0.15, 0.2) is 24.5 Å². The lowest BCUT2D eigenvalue weighted by molar-refractivity contribution is 0.0916. The molecule has 170 valence electrons. The second-order valence-electron chi connectivity index (χ2n) is 7.82. The Hall–Kier alpha value is -4.03. The van der Waals surface area contributed by atoms with Gasteiger partial charge in [-0.1, -0.05) is 0 Å². The summed E-state index contributed by atoms with van der Waals surface area (Å²) in [5.74, 6) is -2.54. The van der Waals surface area contributed by atoms with Gasteiger partial charge in [-0.25, -0.2) is 23.1 Å². The summed E-state index contributed by atoms with van der Waals surface area (Å²) in [7, 11) is 0. The van der Waals surface area contributed by atoms with Crippen molar-refractivity contribution in [2.75, 3.05) is 5.32 Å². The Morgan fingerprint density at radius 2 is 1.97 bits per heavy atom. The van der Waals surface area contributed by atoms with Crippen molar-refractivity contribution in [1.29, 1.82) is 0 Å². The highest BCUT2D eigenvalue weighted by atomic mass is 19.1. The topological polar surface area (TPSA) is 137 Å². The molecule has 5 rings (SSSR count). The molecule has 1 aliphatic rings. The van der Waals surface area contributed by atoms with E-state index in [2.05, 4.69) is 46.2 Å². The van der Waals surface area contributed by atoms with E-state index in [0.717, 1.165) is 31.5 Å². The first-order chi connectivity index (χ1) is 16.0. The van der Waals surface area contributed by atoms with Gasteiger partial charge in [0.1, 0.15) is 11.6 Å². The zero-order valence-electron chi connectivity index (χ0n) is 17.1. The van der Waals surface area contributed by atoms with Gasteiger partial charge in [-0.15, -0.1) is 10.2 Å². The Labute approximate surface area is 184 Å². The van der Waals surface area contributed by atoms with Crippen LogP contribution < -0.4 is 10.6 Å². The molecule has 2 atom stereocenters. The number of nitrogens with zero attached hydrogens (tertiary/aromatic N) is 5. The third-order valence-corrected chi connectivity index (χ3v) is 5.59. The first-order valence-electron chi connectivity index (χ1n) is 10.3. The maximum atomic E-state index is 14.5. The van der Waals surface area contributed by atoms with E-state index in [1.54, 1.807) is 0 Å². The quantitative estimate of drug-likeness (QED) is 0.362. The molecule has 1 fully saturated rings. The van der Waals surface area contributed by atoms with Gasteiger partial charge in [0, 0.05) is 35.3 Å². The summed E-state index contributed by atoms with van der Waals surface area (Å²) in [5.41, 5.74) is 0.460. The van der Waals surface area contributed by atoms with Crippen LogP contribution in [-0.4, -0.2) is 53.6 Å². The van der Waals surface area contributed by atoms with Crippen molar-refractivity contribution in [2.45, 2.75) is 37.8 Å². The van der Waals surface area contributed by atoms with Crippen molar-refractivity contribution >= 4 is 22.6 Å². The number of benzene rings is 1. The Morgan fingerprint density at radius 1 is 1.12 bits per heavy atom. The van der Waals surface area contributed by atoms with Crippen LogP contribution in [0, 0.1) is 17.5 Å². The number of carbonyl (C=O) groups excluding carboxylic acids is 1. The molecule has 0 saturated heterocycles. The zero-order chi connectivity index (χ0) is 22.9. The first-order valence-corrected chi connectivity index (χ1v) is 10.3. The van der Waals surface area contributed by atoms with Gasteiger partial charge < -0.3 is 15.6 Å². The molecule has 1 amide bonds. The summed E-state index contributed by atoms with van der Waals surface area (Å²) in [6.07, 6.45) is 5.30. The van der Waals surface area contributed by atoms with Gasteiger partial charge in [0.05, 0.1) is 11.7 Å². The zero-order valence-corrected chi connectivity index (χ0v) is 17.1. The number of anilines is 1. The van der Waals surface area contributed by atoms with E-state index in [0.29, 0.717) is 12.0 Å². The summed E-state index contributed by atoms with van der Waals surface area (Å²) < 4.78 is 42.2. The Kier molecular flexibility index (Phi) is 5.36. The molecule has 1 aliphatic carbocycles. The van der Waals surface area contributed by atoms with Gasteiger partial charge in [-0.05, 0) is 37.0 Å². The third-order valence-electron chi connectivity index (χ3n) is 5.59. The smallest absolute Gasteiger partial charge is 0.293 e. The molecule has 0 aliphatic heterocycles. The minimum atomic E-state index is -0.743. The summed E-state index contributed by atoms with van der Waals surface area (Å²) in [6, 6.07) is 1.62. The van der Waals surface area contributed by atoms with Crippen molar-refractivity contribution in [3.05, 3.63) is 47.8 Å². The molecule has 10 nitrogen and oxygen atoms in total. The summed E-state index contributed by atoms with van der Waals surface area (Å²) in [4.78, 5) is 23.2. The van der Waals surface area contributed by atoms with Crippen molar-refractivity contribution in [3.8, 4) is 11.4 Å². The van der Waals surface area contributed by atoms with Crippen LogP contribution in [0.4, 0.5) is 19.0 Å². The van der Waals surface area contributed by atoms with Gasteiger partial charge in [-0.2, -0.15) is 5.21 Å². The van der Waals surface area contributed by atoms with Crippen molar-refractivity contribution in [2.24, 2.45) is 0 Å². The second-order valence-corrected chi connectivity index (χ2v) is 7.82. The van der Waals surface area contributed by atoms with E-state index in [-0.39, 0.29) is 40.5 Å². The standard InChI is InChI=1S/C20H18F3N9O/c21-9-4-12-13(7-24-16(12)14(22)5-9)17-25-8-15(23)18(28-17)26-10-2-1-3-11(6-10)27-20(33)19-29-31-32-30-19/h4-5,7-8,10-11,24H,1-3,6H2,(H,27,33)(H,25,26,28)(H,29,30,31,32)/t10-,11+/m0/s1. The molecule has 4 aromatic rings. The average molecular weight is 457 g/mol. The number of hydrogen-bond donors (Lipinski definition) is 4. The van der Waals surface area contributed by atoms with E-state index in [4.69, 9.17) is 0 Å². The number of aromatic amines is 2. The predicted octanol–water partition coefficient (Wildman–Crippen LogP) is 2.71. The molecule has 0 bridgehead atoms. The van der Waals surface area contributed by atoms with Crippen LogP contribution in [0.2, 0.25) is 0 Å². The molecule has 33 heavy (non-hydrogen) atoms. The number of tetrazole rings is 1. The fourth-order valence-electron chi connectivity index (χ4n) is 4.09. The highest BCUT2D eigenvalue weighted by Crippen LogP contribution is 2.30. The number of hydrogen-bond acceptors (Lipinski definition) is 7. The number of halogens is 3. The van der Waals surface area contributed by atoms with Crippen molar-refractivity contribution in [1.82, 2.24) is 40.9 Å². The van der Waals surface area contributed by atoms with Crippen molar-refractivity contribution < 1.29 is 18.0 Å². The van der Waals surface area contributed by atoms with Gasteiger partial charge in [0.25, 0.3) is 11.7 Å². The van der Waals surface area contributed by atoms with Gasteiger partial charge >= 0.3 is 0 Å². The van der Waals surface area contributed by atoms with Gasteiger partial charge in [0.15, 0.2) is 17.5 Å². The molecule has 3 heterocycles. The molecular formula is C20H18F3N9O. The van der Waals surface area contributed by atoms with Gasteiger partial charge in [-0.3, -0.25) is 4.79 Å². The van der Waals surface area contributed by atoms with E-state index in [1.165, 1.54) is 12.3 Å². The predicted molar refractivity (Wildman–Crippen MR) is 111 cm³/mol. The molecule has 1 aromatic carbocycles. The lowest BCUT2D eigenvalue weighted by Crippen LogP contribution is -2.42. The second kappa shape index (κ2) is 8.48. The molecule has 3 aromatic heterocycles. The van der Waals surface area contributed by atoms with Crippen LogP contribution in [-0.2, 0) is 0 Å². The SMILES string of the molecule is O=C(N[C@@H]1CCC[C@H](Nc2nc(-c3c[nH]c4c(F)cc(F)cc34)ncc2F)C1)c1nn[nH]n1. The Morgan fingerprint density at radius 3 is 2.79 bits per heavy atom. The summed E-state index contributed by atoms with van der Waals surface area (Å²) >= 11 is 0. The molecule has 0 spiro atoms. The number of carbonyl (C=O) groups is 1. The Balaban J connectivity index is 1.34. The van der Waals surface area contributed by atoms with Crippen LogP contribution in [0.5, 0.6) is 0 Å². The number of nitrogens with one attached hydrogen (secondary N) is 4. The van der Waals surface area contributed by atoms with Gasteiger partial charge in [0.2, 0.25) is 0 Å². The summed E-state index contributed by atoms with van der Waals surface area (Å²) in [5, 5.41) is 19.1. The van der Waals surface area contributed by atoms with Crippen LogP contribution in [0.1, 0.15) is 36.3 Å². The summed E-state index contributed by atoms with van der Waals surface area (Å²) in [6.45, 7) is 0. The molecule has 1 saturated carbocycles. The molecular weight excluding hydrogens is 439 g/mol. The van der Waals surface area contributed by atoms with E-state index in [9.17, 15) is 18.0 Å². The molecule has 0 unspecified atom stereocenters. The maximum Gasteiger partial charge on any atom is 0.293 e. The van der Waals surface area contributed by atoms with E-state index in [1.807, 2.05) is 0 Å². The fraction of sp³-hybridized carbons (Fsp3) is 0.300. The number of fused-ring (bicyclic) bond motifs is 1. The molecule has 4 N–H and O–H groups in total. The normalized spacial score (nSPS) is 18.4. The highest BCUT2D eigenvalue weighted by molar-refractivity contribution is 5.94. The number of aromatic nitrogens is 7. The van der Waals surface area contributed by atoms with E-state index < -0.39 is 23.4 Å². The number of H-pyrrole nitrogens is 2. The fourth-order valence-corrected chi connectivity index (χ4v) is 4.09. The largest absolute Gasteiger partial charge is 0.365 e. The van der Waals surface area contributed by atoms with Crippen LogP contribution >= 0.6 is 0 Å². The van der Waals surface area contributed by atoms with Crippen molar-refractivity contribution in [3.63, 3.8) is 0 Å². The lowest BCUT2D eigenvalue weighted by atomic mass is 9.91. The minimum Gasteiger partial charge on any atom is -0.365 e.